The van der Waals surface area contributed by atoms with Crippen molar-refractivity contribution in [3.63, 3.8) is 0 Å². The lowest BCUT2D eigenvalue weighted by atomic mass is 9.35. The summed E-state index contributed by atoms with van der Waals surface area (Å²) in [6.07, 6.45) is 0. The molecule has 0 aliphatic heterocycles. The van der Waals surface area contributed by atoms with Crippen molar-refractivity contribution in [2.24, 2.45) is 0 Å². The summed E-state index contributed by atoms with van der Waals surface area (Å²) >= 11 is 0. The lowest BCUT2D eigenvalue weighted by Gasteiger charge is -2.23. The minimum absolute atomic E-state index is 0.0159. The molecule has 0 saturated carbocycles. The third-order valence-corrected chi connectivity index (χ3v) is 5.80. The van der Waals surface area contributed by atoms with Gasteiger partial charge in [-0.2, -0.15) is 0 Å². The van der Waals surface area contributed by atoms with E-state index in [2.05, 4.69) is 0 Å². The van der Waals surface area contributed by atoms with Crippen molar-refractivity contribution in [1.29, 1.82) is 0 Å². The molecule has 0 spiro atoms. The molecule has 208 valence electrons. The molecule has 0 fully saturated rings. The molecule has 0 radical (unpaired) electrons. The summed E-state index contributed by atoms with van der Waals surface area (Å²) in [5.74, 6) is -39.7. The quantitative estimate of drug-likeness (QED) is 0.120. The highest BCUT2D eigenvalue weighted by Gasteiger charge is 2.42. The summed E-state index contributed by atoms with van der Waals surface area (Å²) in [6, 6.07) is 0.232. The average Bonchev–Trinajstić information content (AvgIpc) is 2.92. The molecule has 0 aromatic heterocycles. The fourth-order valence-electron chi connectivity index (χ4n) is 4.02. The lowest BCUT2D eigenvalue weighted by Crippen LogP contribution is -2.58. The van der Waals surface area contributed by atoms with Crippen LogP contribution in [0.5, 0.6) is 0 Å². The van der Waals surface area contributed by atoms with Gasteiger partial charge in [0.1, 0.15) is 5.82 Å². The van der Waals surface area contributed by atoms with Crippen LogP contribution in [0.3, 0.4) is 0 Å². The Hall–Kier alpha value is -4.11. The highest BCUT2D eigenvalue weighted by atomic mass is 19.2. The van der Waals surface area contributed by atoms with Crippen LogP contribution in [-0.2, 0) is 0 Å². The molecule has 0 aliphatic carbocycles. The molecule has 0 aliphatic rings. The summed E-state index contributed by atoms with van der Waals surface area (Å²) < 4.78 is 216. The Bertz CT molecular complexity index is 1690. The maximum absolute atomic E-state index is 15.3. The highest BCUT2D eigenvalue weighted by molar-refractivity contribution is 6.96. The first kappa shape index (κ1) is 28.9. The second kappa shape index (κ2) is 10.1. The van der Waals surface area contributed by atoms with E-state index in [1.165, 1.54) is 0 Å². The van der Waals surface area contributed by atoms with Crippen molar-refractivity contribution in [3.8, 4) is 11.1 Å². The van der Waals surface area contributed by atoms with Gasteiger partial charge in [-0.05, 0) is 29.1 Å². The zero-order valence-corrected chi connectivity index (χ0v) is 18.6. The zero-order valence-electron chi connectivity index (χ0n) is 18.6. The third kappa shape index (κ3) is 4.16. The van der Waals surface area contributed by atoms with Crippen LogP contribution >= 0.6 is 0 Å². The zero-order chi connectivity index (χ0) is 30.0. The maximum Gasteiger partial charge on any atom is 0.257 e. The Labute approximate surface area is 212 Å². The van der Waals surface area contributed by atoms with Crippen molar-refractivity contribution < 1.29 is 65.9 Å². The van der Waals surface area contributed by atoms with Crippen LogP contribution in [0.2, 0.25) is 0 Å². The monoisotopic (exact) mass is 588 g/mol. The third-order valence-electron chi connectivity index (χ3n) is 5.80. The predicted molar refractivity (Wildman–Crippen MR) is 109 cm³/mol. The lowest BCUT2D eigenvalue weighted by molar-refractivity contribution is 0.379. The average molecular weight is 588 g/mol. The largest absolute Gasteiger partial charge is 0.257 e. The van der Waals surface area contributed by atoms with E-state index in [-0.39, 0.29) is 24.3 Å². The number of hydrogen-bond donors (Lipinski definition) is 0. The van der Waals surface area contributed by atoms with Gasteiger partial charge in [-0.15, -0.1) is 0 Å². The Kier molecular flexibility index (Phi) is 7.32. The second-order valence-corrected chi connectivity index (χ2v) is 7.94. The molecule has 0 bridgehead atoms. The molecule has 0 saturated heterocycles. The molecule has 0 N–H and O–H groups in total. The van der Waals surface area contributed by atoms with Crippen LogP contribution < -0.4 is 16.4 Å². The Balaban J connectivity index is 2.34. The van der Waals surface area contributed by atoms with Crippen molar-refractivity contribution >= 4 is 23.1 Å². The Morgan fingerprint density at radius 3 is 1.25 bits per heavy atom. The van der Waals surface area contributed by atoms with E-state index in [0.29, 0.717) is 0 Å². The van der Waals surface area contributed by atoms with Gasteiger partial charge in [0.15, 0.2) is 75.6 Å². The Morgan fingerprint density at radius 2 is 0.700 bits per heavy atom. The molecule has 0 nitrogen and oxygen atoms in total. The van der Waals surface area contributed by atoms with E-state index < -0.39 is 121 Å². The van der Waals surface area contributed by atoms with Crippen LogP contribution in [0.15, 0.2) is 24.3 Å². The summed E-state index contributed by atoms with van der Waals surface area (Å²) in [5, 5.41) is 0. The molecule has 4 aromatic rings. The first-order valence-corrected chi connectivity index (χ1v) is 10.3. The molecule has 40 heavy (non-hydrogen) atoms. The van der Waals surface area contributed by atoms with Crippen LogP contribution in [0.4, 0.5) is 65.9 Å². The standard InChI is InChI=1S/C24H4BF15/c26-6-3-4-7(27)14(30)11(6)25(5-1-2-8(28)15(31)13(5)29)12-9(16(32)20(36)23(39)19(12)35)10-17(33)21(37)24(40)22(38)18(10)34/h1-4H. The molecule has 0 heterocycles. The topological polar surface area (TPSA) is 0 Å². The van der Waals surface area contributed by atoms with Crippen molar-refractivity contribution in [2.75, 3.05) is 0 Å². The van der Waals surface area contributed by atoms with E-state index >= 15 is 8.78 Å². The van der Waals surface area contributed by atoms with E-state index in [4.69, 9.17) is 0 Å². The van der Waals surface area contributed by atoms with Gasteiger partial charge in [0.25, 0.3) is 6.71 Å². The van der Waals surface area contributed by atoms with Gasteiger partial charge in [0, 0.05) is 11.0 Å². The normalized spacial score (nSPS) is 11.4. The van der Waals surface area contributed by atoms with Crippen molar-refractivity contribution in [1.82, 2.24) is 0 Å². The van der Waals surface area contributed by atoms with Crippen LogP contribution in [0.1, 0.15) is 0 Å². The maximum atomic E-state index is 15.3. The number of benzene rings is 4. The highest BCUT2D eigenvalue weighted by Crippen LogP contribution is 2.35. The number of halogens is 15. The molecule has 0 unspecified atom stereocenters. The van der Waals surface area contributed by atoms with E-state index in [1.54, 1.807) is 0 Å². The second-order valence-electron chi connectivity index (χ2n) is 7.94. The molecule has 0 atom stereocenters. The smallest absolute Gasteiger partial charge is 0.207 e. The van der Waals surface area contributed by atoms with Crippen molar-refractivity contribution in [2.45, 2.75) is 0 Å². The van der Waals surface area contributed by atoms with Crippen LogP contribution in [-0.4, -0.2) is 6.71 Å². The first-order chi connectivity index (χ1) is 18.6. The molecule has 4 rings (SSSR count). The van der Waals surface area contributed by atoms with Gasteiger partial charge in [-0.25, -0.2) is 65.9 Å². The van der Waals surface area contributed by atoms with E-state index in [9.17, 15) is 57.1 Å². The minimum Gasteiger partial charge on any atom is -0.207 e. The van der Waals surface area contributed by atoms with Gasteiger partial charge in [0.2, 0.25) is 5.82 Å². The Morgan fingerprint density at radius 1 is 0.300 bits per heavy atom. The molecular formula is C24H4BF15. The summed E-state index contributed by atoms with van der Waals surface area (Å²) in [6.45, 7) is -3.32. The molecule has 0 amide bonds. The van der Waals surface area contributed by atoms with Gasteiger partial charge < -0.3 is 0 Å². The van der Waals surface area contributed by atoms with Crippen LogP contribution in [0.25, 0.3) is 11.1 Å². The SMILES string of the molecule is Fc1ccc(B(c2c(F)ccc(F)c2F)c2c(F)c(F)c(F)c(F)c2-c2c(F)c(F)c(F)c(F)c2F)c(F)c1F. The summed E-state index contributed by atoms with van der Waals surface area (Å²) in [5.41, 5.74) is -10.9. The van der Waals surface area contributed by atoms with Gasteiger partial charge in [-0.3, -0.25) is 0 Å². The van der Waals surface area contributed by atoms with E-state index in [0.717, 1.165) is 0 Å². The van der Waals surface area contributed by atoms with Crippen molar-refractivity contribution in [3.05, 3.63) is 112 Å². The van der Waals surface area contributed by atoms with Gasteiger partial charge in [0.05, 0.1) is 5.56 Å². The fourth-order valence-corrected chi connectivity index (χ4v) is 4.02. The predicted octanol–water partition coefficient (Wildman–Crippen LogP) is 5.96. The fraction of sp³-hybridized carbons (Fsp3) is 0. The number of hydrogen-bond acceptors (Lipinski definition) is 0. The van der Waals surface area contributed by atoms with Crippen LogP contribution in [0, 0.1) is 87.3 Å². The first-order valence-electron chi connectivity index (χ1n) is 10.3. The summed E-state index contributed by atoms with van der Waals surface area (Å²) in [7, 11) is 0. The van der Waals surface area contributed by atoms with E-state index in [1.807, 2.05) is 0 Å². The van der Waals surface area contributed by atoms with Gasteiger partial charge in [-0.1, -0.05) is 6.07 Å². The molecular weight excluding hydrogens is 584 g/mol. The molecule has 4 aromatic carbocycles. The number of rotatable bonds is 4. The summed E-state index contributed by atoms with van der Waals surface area (Å²) in [4.78, 5) is 0. The molecule has 16 heteroatoms. The minimum atomic E-state index is -3.32. The van der Waals surface area contributed by atoms with Gasteiger partial charge >= 0.3 is 0 Å².